The Labute approximate surface area is 86.9 Å². The van der Waals surface area contributed by atoms with Crippen LogP contribution in [0.3, 0.4) is 0 Å². The molecule has 0 radical (unpaired) electrons. The summed E-state index contributed by atoms with van der Waals surface area (Å²) in [4.78, 5) is 4.06. The zero-order chi connectivity index (χ0) is 9.97. The normalized spacial score (nSPS) is 27.5. The van der Waals surface area contributed by atoms with Crippen molar-refractivity contribution < 1.29 is 9.84 Å². The Hall–Kier alpha value is -0.840. The van der Waals surface area contributed by atoms with Crippen LogP contribution in [0.15, 0.2) is 18.3 Å². The highest BCUT2D eigenvalue weighted by molar-refractivity contribution is 6.19. The highest BCUT2D eigenvalue weighted by Crippen LogP contribution is 2.27. The van der Waals surface area contributed by atoms with E-state index in [-0.39, 0.29) is 17.4 Å². The van der Waals surface area contributed by atoms with E-state index in [4.69, 9.17) is 16.3 Å². The van der Waals surface area contributed by atoms with Gasteiger partial charge in [0.25, 0.3) is 0 Å². The first-order chi connectivity index (χ1) is 6.77. The molecule has 0 spiro atoms. The second kappa shape index (κ2) is 4.13. The minimum absolute atomic E-state index is 0.144. The van der Waals surface area contributed by atoms with Gasteiger partial charge in [-0.25, -0.2) is 0 Å². The number of alkyl halides is 1. The van der Waals surface area contributed by atoms with Crippen LogP contribution in [0.25, 0.3) is 0 Å². The number of rotatable bonds is 1. The number of hydrogen-bond donors (Lipinski definition) is 2. The summed E-state index contributed by atoms with van der Waals surface area (Å²) in [5, 5.41) is 12.6. The Morgan fingerprint density at radius 1 is 1.57 bits per heavy atom. The molecule has 14 heavy (non-hydrogen) atoms. The molecule has 0 saturated carbocycles. The summed E-state index contributed by atoms with van der Waals surface area (Å²) in [6.45, 7) is 1.24. The summed E-state index contributed by atoms with van der Waals surface area (Å²) in [6, 6.07) is 3.26. The monoisotopic (exact) mass is 214 g/mol. The van der Waals surface area contributed by atoms with Crippen molar-refractivity contribution in [1.82, 2.24) is 10.3 Å². The van der Waals surface area contributed by atoms with Crippen LogP contribution in [-0.2, 0) is 4.74 Å². The summed E-state index contributed by atoms with van der Waals surface area (Å²) in [5.41, 5.74) is 0.167. The summed E-state index contributed by atoms with van der Waals surface area (Å²) in [7, 11) is 0. The van der Waals surface area contributed by atoms with Crippen molar-refractivity contribution in [2.75, 3.05) is 13.1 Å². The van der Waals surface area contributed by atoms with Gasteiger partial charge in [0.1, 0.15) is 23.1 Å². The first-order valence-electron chi connectivity index (χ1n) is 4.41. The molecule has 1 aliphatic rings. The number of aromatic hydroxyl groups is 1. The van der Waals surface area contributed by atoms with Gasteiger partial charge in [-0.15, -0.1) is 0 Å². The average molecular weight is 215 g/mol. The van der Waals surface area contributed by atoms with Crippen molar-refractivity contribution in [3.05, 3.63) is 24.0 Å². The minimum Gasteiger partial charge on any atom is -0.506 e. The molecule has 5 heteroatoms. The molecule has 4 nitrogen and oxygen atoms in total. The van der Waals surface area contributed by atoms with E-state index in [1.54, 1.807) is 18.3 Å². The van der Waals surface area contributed by atoms with Crippen molar-refractivity contribution >= 4 is 11.6 Å². The molecule has 0 amide bonds. The van der Waals surface area contributed by atoms with Gasteiger partial charge in [-0.3, -0.25) is 4.98 Å². The van der Waals surface area contributed by atoms with E-state index in [9.17, 15) is 5.11 Å². The molecule has 2 heterocycles. The Morgan fingerprint density at radius 3 is 3.14 bits per heavy atom. The van der Waals surface area contributed by atoms with E-state index in [1.165, 1.54) is 0 Å². The van der Waals surface area contributed by atoms with Gasteiger partial charge in [0.2, 0.25) is 0 Å². The van der Waals surface area contributed by atoms with E-state index in [2.05, 4.69) is 10.3 Å². The van der Waals surface area contributed by atoms with Crippen LogP contribution in [-0.4, -0.2) is 28.7 Å². The van der Waals surface area contributed by atoms with E-state index in [0.717, 1.165) is 0 Å². The molecular formula is C9H11ClN2O2. The van der Waals surface area contributed by atoms with E-state index in [1.807, 2.05) is 0 Å². The van der Waals surface area contributed by atoms with Crippen LogP contribution in [0, 0.1) is 0 Å². The van der Waals surface area contributed by atoms with Crippen LogP contribution in [0.1, 0.15) is 11.8 Å². The van der Waals surface area contributed by atoms with Crippen LogP contribution in [0.5, 0.6) is 5.75 Å². The standard InChI is InChI=1S/C9H11ClN2O2/c10-8-5-11-4-7(14-8)9-6(13)2-1-3-12-9/h1-3,7-8,11,13H,4-5H2. The molecule has 2 unspecified atom stereocenters. The third-order valence-electron chi connectivity index (χ3n) is 2.07. The maximum atomic E-state index is 9.54. The molecule has 76 valence electrons. The number of halogens is 1. The Bertz CT molecular complexity index is 321. The number of nitrogens with one attached hydrogen (secondary N) is 1. The summed E-state index contributed by atoms with van der Waals surface area (Å²) >= 11 is 5.82. The lowest BCUT2D eigenvalue weighted by atomic mass is 10.2. The Balaban J connectivity index is 2.18. The van der Waals surface area contributed by atoms with Gasteiger partial charge < -0.3 is 15.2 Å². The minimum atomic E-state index is -0.366. The highest BCUT2D eigenvalue weighted by Gasteiger charge is 2.24. The van der Waals surface area contributed by atoms with E-state index < -0.39 is 0 Å². The van der Waals surface area contributed by atoms with Crippen molar-refractivity contribution in [3.63, 3.8) is 0 Å². The van der Waals surface area contributed by atoms with Gasteiger partial charge in [0, 0.05) is 19.3 Å². The third kappa shape index (κ3) is 1.97. The maximum absolute atomic E-state index is 9.54. The smallest absolute Gasteiger partial charge is 0.144 e. The first kappa shape index (κ1) is 9.71. The zero-order valence-corrected chi connectivity index (χ0v) is 8.24. The first-order valence-corrected chi connectivity index (χ1v) is 4.85. The number of ether oxygens (including phenoxy) is 1. The summed E-state index contributed by atoms with van der Waals surface area (Å²) in [5.74, 6) is 0.144. The molecule has 1 aliphatic heterocycles. The van der Waals surface area contributed by atoms with E-state index in [0.29, 0.717) is 18.8 Å². The lowest BCUT2D eigenvalue weighted by Gasteiger charge is -2.27. The highest BCUT2D eigenvalue weighted by atomic mass is 35.5. The largest absolute Gasteiger partial charge is 0.506 e. The van der Waals surface area contributed by atoms with Gasteiger partial charge in [-0.05, 0) is 12.1 Å². The predicted molar refractivity (Wildman–Crippen MR) is 52.2 cm³/mol. The van der Waals surface area contributed by atoms with Gasteiger partial charge >= 0.3 is 0 Å². The van der Waals surface area contributed by atoms with E-state index >= 15 is 0 Å². The van der Waals surface area contributed by atoms with Crippen molar-refractivity contribution in [1.29, 1.82) is 0 Å². The summed E-state index contributed by atoms with van der Waals surface area (Å²) in [6.07, 6.45) is 1.35. The Morgan fingerprint density at radius 2 is 2.43 bits per heavy atom. The number of hydrogen-bond acceptors (Lipinski definition) is 4. The quantitative estimate of drug-likeness (QED) is 0.686. The van der Waals surface area contributed by atoms with Crippen molar-refractivity contribution in [3.8, 4) is 5.75 Å². The number of morpholine rings is 1. The van der Waals surface area contributed by atoms with Gasteiger partial charge in [-0.2, -0.15) is 0 Å². The molecule has 1 fully saturated rings. The fourth-order valence-electron chi connectivity index (χ4n) is 1.42. The van der Waals surface area contributed by atoms with Crippen LogP contribution in [0.4, 0.5) is 0 Å². The molecular weight excluding hydrogens is 204 g/mol. The second-order valence-electron chi connectivity index (χ2n) is 3.10. The molecule has 1 aromatic heterocycles. The number of nitrogens with zero attached hydrogens (tertiary/aromatic N) is 1. The zero-order valence-electron chi connectivity index (χ0n) is 7.48. The molecule has 0 aliphatic carbocycles. The third-order valence-corrected chi connectivity index (χ3v) is 2.32. The van der Waals surface area contributed by atoms with Crippen LogP contribution >= 0.6 is 11.6 Å². The SMILES string of the molecule is Oc1cccnc1C1CNCC(Cl)O1. The number of aromatic nitrogens is 1. The van der Waals surface area contributed by atoms with Gasteiger partial charge in [-0.1, -0.05) is 11.6 Å². The fraction of sp³-hybridized carbons (Fsp3) is 0.444. The van der Waals surface area contributed by atoms with Crippen LogP contribution in [0.2, 0.25) is 0 Å². The molecule has 1 aromatic rings. The lowest BCUT2D eigenvalue weighted by molar-refractivity contribution is -0.0000890. The lowest BCUT2D eigenvalue weighted by Crippen LogP contribution is -2.38. The molecule has 2 atom stereocenters. The molecule has 2 N–H and O–H groups in total. The number of pyridine rings is 1. The van der Waals surface area contributed by atoms with Gasteiger partial charge in [0.15, 0.2) is 0 Å². The summed E-state index contributed by atoms with van der Waals surface area (Å²) < 4.78 is 5.43. The maximum Gasteiger partial charge on any atom is 0.144 e. The van der Waals surface area contributed by atoms with Crippen molar-refractivity contribution in [2.45, 2.75) is 11.7 Å². The molecule has 0 bridgehead atoms. The molecule has 1 saturated heterocycles. The Kier molecular flexibility index (Phi) is 2.86. The van der Waals surface area contributed by atoms with Crippen LogP contribution < -0.4 is 5.32 Å². The molecule has 2 rings (SSSR count). The predicted octanol–water partition coefficient (Wildman–Crippen LogP) is 1.01. The van der Waals surface area contributed by atoms with Gasteiger partial charge in [0.05, 0.1) is 0 Å². The topological polar surface area (TPSA) is 54.4 Å². The average Bonchev–Trinajstić information content (AvgIpc) is 2.18. The van der Waals surface area contributed by atoms with Crippen molar-refractivity contribution in [2.24, 2.45) is 0 Å². The second-order valence-corrected chi connectivity index (χ2v) is 3.59. The molecule has 0 aromatic carbocycles. The fourth-order valence-corrected chi connectivity index (χ4v) is 1.65.